The zero-order chi connectivity index (χ0) is 18.3. The van der Waals surface area contributed by atoms with Crippen molar-refractivity contribution in [3.05, 3.63) is 35.1 Å². The lowest BCUT2D eigenvalue weighted by Gasteiger charge is -2.18. The first kappa shape index (κ1) is 19.5. The van der Waals surface area contributed by atoms with Gasteiger partial charge >= 0.3 is 5.97 Å². The number of rotatable bonds is 8. The Morgan fingerprint density at radius 3 is 2.84 bits per heavy atom. The second-order valence-corrected chi connectivity index (χ2v) is 7.37. The first-order valence-corrected chi connectivity index (χ1v) is 9.10. The lowest BCUT2D eigenvalue weighted by molar-refractivity contribution is 0.00638. The van der Waals surface area contributed by atoms with E-state index in [1.165, 1.54) is 11.3 Å². The summed E-state index contributed by atoms with van der Waals surface area (Å²) in [5, 5.41) is 11.2. The van der Waals surface area contributed by atoms with Crippen molar-refractivity contribution < 1.29 is 19.4 Å². The largest absolute Gasteiger partial charge is 0.455 e. The van der Waals surface area contributed by atoms with E-state index in [0.29, 0.717) is 18.9 Å². The molecule has 0 amide bonds. The second-order valence-electron chi connectivity index (χ2n) is 6.52. The zero-order valence-corrected chi connectivity index (χ0v) is 15.6. The molecule has 0 aliphatic carbocycles. The van der Waals surface area contributed by atoms with Crippen LogP contribution in [0.5, 0.6) is 0 Å². The molecule has 0 radical (unpaired) electrons. The Labute approximate surface area is 151 Å². The van der Waals surface area contributed by atoms with Gasteiger partial charge in [0.05, 0.1) is 13.2 Å². The number of esters is 1. The summed E-state index contributed by atoms with van der Waals surface area (Å²) >= 11 is 1.41. The van der Waals surface area contributed by atoms with Gasteiger partial charge < -0.3 is 14.6 Å². The van der Waals surface area contributed by atoms with Crippen LogP contribution in [0.15, 0.2) is 23.7 Å². The van der Waals surface area contributed by atoms with Crippen molar-refractivity contribution in [2.24, 2.45) is 0 Å². The van der Waals surface area contributed by atoms with Gasteiger partial charge in [-0.25, -0.2) is 9.78 Å². The molecule has 136 valence electrons. The molecule has 0 saturated heterocycles. The van der Waals surface area contributed by atoms with Crippen LogP contribution in [0.2, 0.25) is 0 Å². The number of pyridine rings is 1. The molecule has 6 nitrogen and oxygen atoms in total. The Morgan fingerprint density at radius 1 is 1.32 bits per heavy atom. The number of carbonyl (C=O) groups is 1. The third-order valence-corrected chi connectivity index (χ3v) is 4.02. The van der Waals surface area contributed by atoms with E-state index in [2.05, 4.69) is 9.97 Å². The molecule has 0 aromatic carbocycles. The minimum Gasteiger partial charge on any atom is -0.455 e. The highest BCUT2D eigenvalue weighted by Crippen LogP contribution is 2.25. The van der Waals surface area contributed by atoms with Crippen LogP contribution < -0.4 is 0 Å². The number of hydrogen-bond acceptors (Lipinski definition) is 7. The van der Waals surface area contributed by atoms with Crippen molar-refractivity contribution in [3.63, 3.8) is 0 Å². The van der Waals surface area contributed by atoms with Gasteiger partial charge in [-0.15, -0.1) is 11.3 Å². The van der Waals surface area contributed by atoms with E-state index in [1.807, 2.05) is 32.9 Å². The van der Waals surface area contributed by atoms with Crippen LogP contribution in [0, 0.1) is 0 Å². The Morgan fingerprint density at radius 2 is 2.12 bits per heavy atom. The van der Waals surface area contributed by atoms with Crippen molar-refractivity contribution >= 4 is 17.3 Å². The average molecular weight is 364 g/mol. The first-order chi connectivity index (χ1) is 11.9. The average Bonchev–Trinajstić information content (AvgIpc) is 3.04. The van der Waals surface area contributed by atoms with Gasteiger partial charge in [0.2, 0.25) is 0 Å². The SMILES string of the molecule is CC(C)(C)OC(=O)c1csc(-c2ccnc(CCCOCCO)c2)n1. The fourth-order valence-corrected chi connectivity index (χ4v) is 2.89. The molecule has 25 heavy (non-hydrogen) atoms. The fraction of sp³-hybridized carbons (Fsp3) is 0.500. The zero-order valence-electron chi connectivity index (χ0n) is 14.8. The van der Waals surface area contributed by atoms with Gasteiger partial charge in [0.1, 0.15) is 10.6 Å². The van der Waals surface area contributed by atoms with Gasteiger partial charge in [0.25, 0.3) is 0 Å². The van der Waals surface area contributed by atoms with Crippen molar-refractivity contribution in [1.29, 1.82) is 0 Å². The van der Waals surface area contributed by atoms with Crippen LogP contribution in [0.1, 0.15) is 43.4 Å². The first-order valence-electron chi connectivity index (χ1n) is 8.22. The number of carbonyl (C=O) groups excluding carboxylic acids is 1. The number of aromatic nitrogens is 2. The summed E-state index contributed by atoms with van der Waals surface area (Å²) in [6.07, 6.45) is 3.36. The number of ether oxygens (including phenoxy) is 2. The molecule has 0 bridgehead atoms. The van der Waals surface area contributed by atoms with E-state index in [1.54, 1.807) is 11.6 Å². The number of thiazole rings is 1. The smallest absolute Gasteiger partial charge is 0.358 e. The summed E-state index contributed by atoms with van der Waals surface area (Å²) in [5.74, 6) is -0.412. The van der Waals surface area contributed by atoms with Gasteiger partial charge in [0.15, 0.2) is 5.69 Å². The molecule has 0 spiro atoms. The van der Waals surface area contributed by atoms with E-state index in [0.717, 1.165) is 29.1 Å². The molecule has 2 rings (SSSR count). The quantitative estimate of drug-likeness (QED) is 0.572. The van der Waals surface area contributed by atoms with E-state index < -0.39 is 11.6 Å². The standard InChI is InChI=1S/C18H24N2O4S/c1-18(2,3)24-17(22)15-12-25-16(20-15)13-6-7-19-14(11-13)5-4-9-23-10-8-21/h6-7,11-12,21H,4-5,8-10H2,1-3H3. The highest BCUT2D eigenvalue weighted by molar-refractivity contribution is 7.13. The Balaban J connectivity index is 2.00. The van der Waals surface area contributed by atoms with Crippen LogP contribution in [0.3, 0.4) is 0 Å². The van der Waals surface area contributed by atoms with E-state index >= 15 is 0 Å². The lowest BCUT2D eigenvalue weighted by atomic mass is 10.1. The highest BCUT2D eigenvalue weighted by atomic mass is 32.1. The molecule has 0 aliphatic heterocycles. The van der Waals surface area contributed by atoms with Crippen LogP contribution in [-0.4, -0.2) is 46.5 Å². The van der Waals surface area contributed by atoms with E-state index in [-0.39, 0.29) is 6.61 Å². The second kappa shape index (κ2) is 9.03. The number of aliphatic hydroxyl groups excluding tert-OH is 1. The normalized spacial score (nSPS) is 11.5. The molecule has 0 saturated carbocycles. The van der Waals surface area contributed by atoms with Gasteiger partial charge in [-0.2, -0.15) is 0 Å². The van der Waals surface area contributed by atoms with E-state index in [4.69, 9.17) is 14.6 Å². The molecule has 7 heteroatoms. The van der Waals surface area contributed by atoms with Gasteiger partial charge in [-0.05, 0) is 45.7 Å². The predicted molar refractivity (Wildman–Crippen MR) is 96.7 cm³/mol. The monoisotopic (exact) mass is 364 g/mol. The molecule has 0 fully saturated rings. The Kier molecular flexibility index (Phi) is 7.04. The summed E-state index contributed by atoms with van der Waals surface area (Å²) in [6, 6.07) is 3.85. The van der Waals surface area contributed by atoms with Crippen LogP contribution in [0.4, 0.5) is 0 Å². The number of hydrogen-bond donors (Lipinski definition) is 1. The van der Waals surface area contributed by atoms with Crippen molar-refractivity contribution in [3.8, 4) is 10.6 Å². The van der Waals surface area contributed by atoms with Crippen molar-refractivity contribution in [2.45, 2.75) is 39.2 Å². The predicted octanol–water partition coefficient (Wildman–Crippen LogP) is 3.10. The molecule has 2 heterocycles. The van der Waals surface area contributed by atoms with Gasteiger partial charge in [0, 0.05) is 29.4 Å². The minimum absolute atomic E-state index is 0.0394. The Bertz CT molecular complexity index is 694. The summed E-state index contributed by atoms with van der Waals surface area (Å²) in [6.45, 7) is 6.48. The number of aliphatic hydroxyl groups is 1. The maximum atomic E-state index is 12.1. The molecule has 0 atom stereocenters. The maximum absolute atomic E-state index is 12.1. The molecule has 2 aromatic rings. The molecule has 1 N–H and O–H groups in total. The highest BCUT2D eigenvalue weighted by Gasteiger charge is 2.20. The number of aryl methyl sites for hydroxylation is 1. The van der Waals surface area contributed by atoms with Crippen LogP contribution in [-0.2, 0) is 15.9 Å². The van der Waals surface area contributed by atoms with Gasteiger partial charge in [-0.3, -0.25) is 4.98 Å². The minimum atomic E-state index is -0.539. The Hall–Kier alpha value is -1.83. The maximum Gasteiger partial charge on any atom is 0.358 e. The molecule has 0 aliphatic rings. The van der Waals surface area contributed by atoms with Gasteiger partial charge in [-0.1, -0.05) is 0 Å². The molecule has 0 unspecified atom stereocenters. The third-order valence-electron chi connectivity index (χ3n) is 3.13. The van der Waals surface area contributed by atoms with Crippen molar-refractivity contribution in [2.75, 3.05) is 19.8 Å². The lowest BCUT2D eigenvalue weighted by Crippen LogP contribution is -2.24. The molecular formula is C18H24N2O4S. The van der Waals surface area contributed by atoms with E-state index in [9.17, 15) is 4.79 Å². The third kappa shape index (κ3) is 6.53. The molecular weight excluding hydrogens is 340 g/mol. The summed E-state index contributed by atoms with van der Waals surface area (Å²) in [4.78, 5) is 20.8. The summed E-state index contributed by atoms with van der Waals surface area (Å²) in [5.41, 5.74) is 1.66. The summed E-state index contributed by atoms with van der Waals surface area (Å²) < 4.78 is 10.6. The fourth-order valence-electron chi connectivity index (χ4n) is 2.10. The number of nitrogens with zero attached hydrogens (tertiary/aromatic N) is 2. The molecule has 2 aromatic heterocycles. The topological polar surface area (TPSA) is 81.5 Å². The van der Waals surface area contributed by atoms with Crippen LogP contribution in [0.25, 0.3) is 10.6 Å². The van der Waals surface area contributed by atoms with Crippen LogP contribution >= 0.6 is 11.3 Å². The summed E-state index contributed by atoms with van der Waals surface area (Å²) in [7, 11) is 0. The van der Waals surface area contributed by atoms with Crippen molar-refractivity contribution in [1.82, 2.24) is 9.97 Å².